The molecule has 114 valence electrons. The van der Waals surface area contributed by atoms with Gasteiger partial charge in [-0.3, -0.25) is 9.69 Å². The molecule has 0 aromatic heterocycles. The molecule has 1 aliphatic rings. The number of ether oxygens (including phenoxy) is 1. The second-order valence-electron chi connectivity index (χ2n) is 4.34. The molecule has 1 heterocycles. The average Bonchev–Trinajstić information content (AvgIpc) is 2.90. The summed E-state index contributed by atoms with van der Waals surface area (Å²) in [5.41, 5.74) is 0.415. The summed E-state index contributed by atoms with van der Waals surface area (Å²) >= 11 is 0. The number of anilines is 1. The third-order valence-corrected chi connectivity index (χ3v) is 2.88. The first-order chi connectivity index (χ1) is 10.1. The lowest BCUT2D eigenvalue weighted by atomic mass is 10.2. The first kappa shape index (κ1) is 15.0. The molecule has 0 bridgehead atoms. The summed E-state index contributed by atoms with van der Waals surface area (Å²) in [4.78, 5) is 24.3. The molecule has 2 rings (SSSR count). The first-order valence-corrected chi connectivity index (χ1v) is 6.47. The minimum absolute atomic E-state index is 0.0145. The Hall–Kier alpha value is -2.35. The first-order valence-electron chi connectivity index (χ1n) is 6.47. The zero-order valence-corrected chi connectivity index (χ0v) is 11.3. The number of hydrogen-bond acceptors (Lipinski definition) is 5. The van der Waals surface area contributed by atoms with Gasteiger partial charge >= 0.3 is 6.03 Å². The Bertz CT molecular complexity index is 538. The van der Waals surface area contributed by atoms with Crippen molar-refractivity contribution in [3.05, 3.63) is 24.0 Å². The Balaban J connectivity index is 1.98. The number of aliphatic hydroxyl groups excluding tert-OH is 1. The van der Waals surface area contributed by atoms with E-state index in [1.54, 1.807) is 0 Å². The van der Waals surface area contributed by atoms with Gasteiger partial charge in [0.05, 0.1) is 18.8 Å². The molecule has 1 aromatic carbocycles. The van der Waals surface area contributed by atoms with E-state index in [0.717, 1.165) is 11.0 Å². The van der Waals surface area contributed by atoms with Crippen LogP contribution in [0.4, 0.5) is 14.9 Å². The predicted molar refractivity (Wildman–Crippen MR) is 72.6 cm³/mol. The van der Waals surface area contributed by atoms with Gasteiger partial charge < -0.3 is 20.5 Å². The highest BCUT2D eigenvalue weighted by Crippen LogP contribution is 2.25. The Morgan fingerprint density at radius 1 is 1.52 bits per heavy atom. The summed E-state index contributed by atoms with van der Waals surface area (Å²) in [7, 11) is 0. The standard InChI is InChI=1S/C13H16FN3O4/c14-9-1-2-10(11(7-9)21-6-5-18)16-8-12(19)17-4-3-15-13(17)20/h1-2,7,16,18H,3-6,8H2,(H,15,20). The number of carbonyl (C=O) groups is 2. The predicted octanol–water partition coefficient (Wildman–Crippen LogP) is 0.160. The molecule has 0 spiro atoms. The van der Waals surface area contributed by atoms with Crippen molar-refractivity contribution in [2.45, 2.75) is 0 Å². The molecule has 1 fully saturated rings. The van der Waals surface area contributed by atoms with Crippen LogP contribution in [0.5, 0.6) is 5.75 Å². The second-order valence-corrected chi connectivity index (χ2v) is 4.34. The van der Waals surface area contributed by atoms with Crippen molar-refractivity contribution in [3.8, 4) is 5.75 Å². The Kier molecular flexibility index (Phi) is 4.94. The number of carbonyl (C=O) groups excluding carboxylic acids is 2. The van der Waals surface area contributed by atoms with Gasteiger partial charge in [0, 0.05) is 19.2 Å². The molecule has 1 saturated heterocycles. The fraction of sp³-hybridized carbons (Fsp3) is 0.385. The zero-order chi connectivity index (χ0) is 15.2. The number of amides is 3. The van der Waals surface area contributed by atoms with E-state index < -0.39 is 11.8 Å². The van der Waals surface area contributed by atoms with Gasteiger partial charge in [-0.15, -0.1) is 0 Å². The van der Waals surface area contributed by atoms with Crippen LogP contribution in [-0.2, 0) is 4.79 Å². The van der Waals surface area contributed by atoms with Crippen LogP contribution in [0.15, 0.2) is 18.2 Å². The van der Waals surface area contributed by atoms with Gasteiger partial charge in [-0.25, -0.2) is 9.18 Å². The van der Waals surface area contributed by atoms with Crippen LogP contribution in [0.3, 0.4) is 0 Å². The molecule has 0 radical (unpaired) electrons. The molecule has 0 saturated carbocycles. The molecule has 0 aliphatic carbocycles. The lowest BCUT2D eigenvalue weighted by Gasteiger charge is -2.15. The zero-order valence-electron chi connectivity index (χ0n) is 11.3. The van der Waals surface area contributed by atoms with Crippen LogP contribution in [-0.4, -0.2) is 54.8 Å². The van der Waals surface area contributed by atoms with E-state index in [-0.39, 0.29) is 31.4 Å². The van der Waals surface area contributed by atoms with Crippen LogP contribution < -0.4 is 15.4 Å². The highest BCUT2D eigenvalue weighted by Gasteiger charge is 2.25. The van der Waals surface area contributed by atoms with E-state index in [2.05, 4.69) is 10.6 Å². The smallest absolute Gasteiger partial charge is 0.324 e. The van der Waals surface area contributed by atoms with Crippen molar-refractivity contribution in [3.63, 3.8) is 0 Å². The van der Waals surface area contributed by atoms with Crippen LogP contribution in [0, 0.1) is 5.82 Å². The van der Waals surface area contributed by atoms with Gasteiger partial charge in [-0.05, 0) is 12.1 Å². The molecule has 3 N–H and O–H groups in total. The fourth-order valence-corrected chi connectivity index (χ4v) is 1.89. The molecule has 3 amide bonds. The van der Waals surface area contributed by atoms with Crippen molar-refractivity contribution < 1.29 is 23.8 Å². The van der Waals surface area contributed by atoms with Gasteiger partial charge in [0.2, 0.25) is 5.91 Å². The van der Waals surface area contributed by atoms with Crippen molar-refractivity contribution in [1.29, 1.82) is 0 Å². The number of nitrogens with zero attached hydrogens (tertiary/aromatic N) is 1. The number of hydrogen-bond donors (Lipinski definition) is 3. The number of urea groups is 1. The normalized spacial score (nSPS) is 14.0. The number of imide groups is 1. The van der Waals surface area contributed by atoms with Crippen molar-refractivity contribution in [2.75, 3.05) is 38.2 Å². The summed E-state index contributed by atoms with van der Waals surface area (Å²) in [5, 5.41) is 14.1. The number of rotatable bonds is 6. The van der Waals surface area contributed by atoms with E-state index >= 15 is 0 Å². The van der Waals surface area contributed by atoms with E-state index in [0.29, 0.717) is 18.8 Å². The molecular weight excluding hydrogens is 281 g/mol. The van der Waals surface area contributed by atoms with Crippen molar-refractivity contribution >= 4 is 17.6 Å². The minimum atomic E-state index is -0.487. The van der Waals surface area contributed by atoms with Crippen molar-refractivity contribution in [1.82, 2.24) is 10.2 Å². The quantitative estimate of drug-likeness (QED) is 0.696. The summed E-state index contributed by atoms with van der Waals surface area (Å²) < 4.78 is 18.4. The van der Waals surface area contributed by atoms with Gasteiger partial charge in [0.25, 0.3) is 0 Å². The van der Waals surface area contributed by atoms with Gasteiger partial charge in [-0.2, -0.15) is 0 Å². The Morgan fingerprint density at radius 3 is 3.00 bits per heavy atom. The average molecular weight is 297 g/mol. The third-order valence-electron chi connectivity index (χ3n) is 2.88. The fourth-order valence-electron chi connectivity index (χ4n) is 1.89. The van der Waals surface area contributed by atoms with Crippen LogP contribution in [0.25, 0.3) is 0 Å². The third kappa shape index (κ3) is 3.82. The number of halogens is 1. The lowest BCUT2D eigenvalue weighted by Crippen LogP contribution is -2.38. The van der Waals surface area contributed by atoms with Crippen LogP contribution >= 0.6 is 0 Å². The molecule has 8 heteroatoms. The summed E-state index contributed by atoms with van der Waals surface area (Å²) in [6.45, 7) is 0.459. The highest BCUT2D eigenvalue weighted by atomic mass is 19.1. The van der Waals surface area contributed by atoms with Gasteiger partial charge in [0.1, 0.15) is 18.2 Å². The number of aliphatic hydroxyl groups is 1. The monoisotopic (exact) mass is 297 g/mol. The summed E-state index contributed by atoms with van der Waals surface area (Å²) in [5.74, 6) is -0.677. The molecule has 21 heavy (non-hydrogen) atoms. The van der Waals surface area contributed by atoms with Crippen LogP contribution in [0.1, 0.15) is 0 Å². The molecular formula is C13H16FN3O4. The van der Waals surface area contributed by atoms with Crippen LogP contribution in [0.2, 0.25) is 0 Å². The number of benzene rings is 1. The van der Waals surface area contributed by atoms with Crippen molar-refractivity contribution in [2.24, 2.45) is 0 Å². The van der Waals surface area contributed by atoms with Gasteiger partial charge in [0.15, 0.2) is 0 Å². The van der Waals surface area contributed by atoms with E-state index in [1.165, 1.54) is 12.1 Å². The molecule has 0 atom stereocenters. The number of nitrogens with one attached hydrogen (secondary N) is 2. The lowest BCUT2D eigenvalue weighted by molar-refractivity contribution is -0.125. The Morgan fingerprint density at radius 2 is 2.33 bits per heavy atom. The largest absolute Gasteiger partial charge is 0.489 e. The Labute approximate surface area is 120 Å². The maximum Gasteiger partial charge on any atom is 0.324 e. The van der Waals surface area contributed by atoms with E-state index in [9.17, 15) is 14.0 Å². The minimum Gasteiger partial charge on any atom is -0.489 e. The SMILES string of the molecule is O=C(CNc1ccc(F)cc1OCCO)N1CCNC1=O. The van der Waals surface area contributed by atoms with Gasteiger partial charge in [-0.1, -0.05) is 0 Å². The maximum atomic E-state index is 13.2. The highest BCUT2D eigenvalue weighted by molar-refractivity contribution is 5.97. The maximum absolute atomic E-state index is 13.2. The summed E-state index contributed by atoms with van der Waals surface area (Å²) in [6, 6.07) is 3.39. The molecule has 1 aromatic rings. The van der Waals surface area contributed by atoms with E-state index in [1.807, 2.05) is 0 Å². The second kappa shape index (κ2) is 6.89. The topological polar surface area (TPSA) is 90.9 Å². The molecule has 1 aliphatic heterocycles. The molecule has 0 unspecified atom stereocenters. The van der Waals surface area contributed by atoms with E-state index in [4.69, 9.17) is 9.84 Å². The molecule has 7 nitrogen and oxygen atoms in total. The summed E-state index contributed by atoms with van der Waals surface area (Å²) in [6.07, 6.45) is 0.